The molecule has 6 nitrogen and oxygen atoms in total. The van der Waals surface area contributed by atoms with Gasteiger partial charge in [0.2, 0.25) is 11.8 Å². The summed E-state index contributed by atoms with van der Waals surface area (Å²) in [6, 6.07) is -0.427. The van der Waals surface area contributed by atoms with Crippen molar-refractivity contribution < 1.29 is 18.4 Å². The van der Waals surface area contributed by atoms with Crippen molar-refractivity contribution in [2.24, 2.45) is 4.99 Å². The molecule has 3 N–H and O–H groups in total. The molecule has 142 valence electrons. The number of alkyl halides is 3. The van der Waals surface area contributed by atoms with E-state index in [4.69, 9.17) is 0 Å². The second-order valence-corrected chi connectivity index (χ2v) is 7.60. The van der Waals surface area contributed by atoms with Crippen LogP contribution >= 0.6 is 22.6 Å². The van der Waals surface area contributed by atoms with E-state index in [1.807, 2.05) is 0 Å². The van der Waals surface area contributed by atoms with Crippen LogP contribution in [-0.2, 0) is 9.59 Å². The van der Waals surface area contributed by atoms with Crippen molar-refractivity contribution in [3.63, 3.8) is 0 Å². The molecule has 0 saturated carbocycles. The molecule has 0 aromatic rings. The molecule has 0 bridgehead atoms. The Bertz CT molecular complexity index is 697. The molecule has 2 aliphatic rings. The van der Waals surface area contributed by atoms with Gasteiger partial charge in [0, 0.05) is 53.8 Å². The van der Waals surface area contributed by atoms with E-state index >= 15 is 0 Å². The van der Waals surface area contributed by atoms with E-state index in [0.29, 0.717) is 12.0 Å². The molecule has 0 saturated heterocycles. The number of allylic oxidation sites excluding steroid dienone is 4. The Kier molecular flexibility index (Phi) is 6.53. The van der Waals surface area contributed by atoms with Crippen LogP contribution in [-0.4, -0.2) is 40.2 Å². The Morgan fingerprint density at radius 2 is 2.19 bits per heavy atom. The number of carbonyl (C=O) groups excluding carboxylic acids is 2. The lowest BCUT2D eigenvalue weighted by atomic mass is 9.98. The van der Waals surface area contributed by atoms with Gasteiger partial charge < -0.3 is 16.0 Å². The SMILES string of the molecule is CCC(=O)NC1(C)CC(C(=O)NC[C@H]2C=CC=C(C(F)(F)I)N2)=CC=N1. The standard InChI is InChI=1S/C17H21F2IN4O2/c1-3-14(25)24-16(2)9-11(7-8-22-16)15(26)21-10-12-5-4-6-13(23-12)17(18,19)20/h4-8,12,23H,3,9-10H2,1-2H3,(H,21,26)(H,24,25)/t12-,16?/m1/s1. The maximum Gasteiger partial charge on any atom is 0.335 e. The van der Waals surface area contributed by atoms with Crippen molar-refractivity contribution in [2.45, 2.75) is 42.3 Å². The lowest BCUT2D eigenvalue weighted by Crippen LogP contribution is -2.48. The molecule has 26 heavy (non-hydrogen) atoms. The first-order valence-electron chi connectivity index (χ1n) is 8.19. The van der Waals surface area contributed by atoms with Crippen molar-refractivity contribution in [3.05, 3.63) is 35.6 Å². The second-order valence-electron chi connectivity index (χ2n) is 6.25. The first kappa shape index (κ1) is 20.5. The topological polar surface area (TPSA) is 82.6 Å². The van der Waals surface area contributed by atoms with Gasteiger partial charge in [-0.15, -0.1) is 0 Å². The molecule has 0 radical (unpaired) electrons. The number of nitrogens with zero attached hydrogens (tertiary/aromatic N) is 1. The van der Waals surface area contributed by atoms with E-state index in [0.717, 1.165) is 22.6 Å². The van der Waals surface area contributed by atoms with E-state index < -0.39 is 15.6 Å². The van der Waals surface area contributed by atoms with E-state index in [1.54, 1.807) is 32.1 Å². The third kappa shape index (κ3) is 5.61. The normalized spacial score (nSPS) is 25.0. The van der Waals surface area contributed by atoms with Gasteiger partial charge in [-0.2, -0.15) is 8.78 Å². The quantitative estimate of drug-likeness (QED) is 0.405. The molecule has 0 aliphatic carbocycles. The summed E-state index contributed by atoms with van der Waals surface area (Å²) in [5, 5.41) is 8.22. The Balaban J connectivity index is 1.90. The largest absolute Gasteiger partial charge is 0.375 e. The minimum Gasteiger partial charge on any atom is -0.375 e. The third-order valence-corrected chi connectivity index (χ3v) is 4.51. The average Bonchev–Trinajstić information content (AvgIpc) is 2.58. The van der Waals surface area contributed by atoms with E-state index in [-0.39, 0.29) is 30.5 Å². The Labute approximate surface area is 164 Å². The van der Waals surface area contributed by atoms with Gasteiger partial charge in [-0.3, -0.25) is 14.6 Å². The summed E-state index contributed by atoms with van der Waals surface area (Å²) in [5.74, 6) is -0.470. The number of hydrogen-bond donors (Lipinski definition) is 3. The van der Waals surface area contributed by atoms with Crippen LogP contribution in [0.4, 0.5) is 8.78 Å². The fourth-order valence-corrected chi connectivity index (χ4v) is 2.92. The molecule has 2 amide bonds. The number of hydrogen-bond acceptors (Lipinski definition) is 4. The molecular formula is C17H21F2IN4O2. The summed E-state index contributed by atoms with van der Waals surface area (Å²) in [6.07, 6.45) is 8.22. The number of halogens is 3. The molecular weight excluding hydrogens is 457 g/mol. The fourth-order valence-electron chi connectivity index (χ4n) is 2.58. The van der Waals surface area contributed by atoms with Gasteiger partial charge in [0.1, 0.15) is 5.66 Å². The summed E-state index contributed by atoms with van der Waals surface area (Å²) in [7, 11) is 0. The molecule has 0 aromatic heterocycles. The van der Waals surface area contributed by atoms with Gasteiger partial charge in [0.15, 0.2) is 0 Å². The van der Waals surface area contributed by atoms with Gasteiger partial charge in [0.05, 0.1) is 11.7 Å². The highest BCUT2D eigenvalue weighted by Gasteiger charge is 2.33. The number of aliphatic imine (C=N–C) groups is 1. The molecule has 2 heterocycles. The number of carbonyl (C=O) groups is 2. The average molecular weight is 478 g/mol. The van der Waals surface area contributed by atoms with E-state index in [2.05, 4.69) is 20.9 Å². The summed E-state index contributed by atoms with van der Waals surface area (Å²) in [6.45, 7) is 3.63. The van der Waals surface area contributed by atoms with Crippen molar-refractivity contribution in [1.82, 2.24) is 16.0 Å². The Hall–Kier alpha value is -1.78. The second kappa shape index (κ2) is 8.28. The lowest BCUT2D eigenvalue weighted by Gasteiger charge is -2.30. The molecule has 0 spiro atoms. The molecule has 0 aromatic carbocycles. The van der Waals surface area contributed by atoms with Crippen LogP contribution in [0.15, 0.2) is 40.6 Å². The Morgan fingerprint density at radius 3 is 2.85 bits per heavy atom. The summed E-state index contributed by atoms with van der Waals surface area (Å²) in [5.41, 5.74) is -0.594. The molecule has 2 aliphatic heterocycles. The van der Waals surface area contributed by atoms with Crippen LogP contribution in [0.1, 0.15) is 26.7 Å². The van der Waals surface area contributed by atoms with Crippen LogP contribution in [0.2, 0.25) is 0 Å². The minimum absolute atomic E-state index is 0.151. The predicted octanol–water partition coefficient (Wildman–Crippen LogP) is 2.19. The van der Waals surface area contributed by atoms with Crippen molar-refractivity contribution in [1.29, 1.82) is 0 Å². The number of nitrogens with one attached hydrogen (secondary N) is 3. The highest BCUT2D eigenvalue weighted by molar-refractivity contribution is 14.1. The molecule has 9 heteroatoms. The highest BCUT2D eigenvalue weighted by atomic mass is 127. The lowest BCUT2D eigenvalue weighted by molar-refractivity contribution is -0.123. The monoisotopic (exact) mass is 478 g/mol. The Morgan fingerprint density at radius 1 is 1.46 bits per heavy atom. The van der Waals surface area contributed by atoms with Crippen LogP contribution in [0.5, 0.6) is 0 Å². The van der Waals surface area contributed by atoms with Crippen molar-refractivity contribution in [3.8, 4) is 0 Å². The first-order chi connectivity index (χ1) is 12.1. The zero-order valence-electron chi connectivity index (χ0n) is 14.5. The first-order valence-corrected chi connectivity index (χ1v) is 9.26. The summed E-state index contributed by atoms with van der Waals surface area (Å²) in [4.78, 5) is 28.3. The van der Waals surface area contributed by atoms with Gasteiger partial charge in [0.25, 0.3) is 0 Å². The number of amides is 2. The molecule has 2 rings (SSSR count). The molecule has 0 fully saturated rings. The maximum atomic E-state index is 13.4. The smallest absolute Gasteiger partial charge is 0.335 e. The van der Waals surface area contributed by atoms with Crippen LogP contribution in [0.3, 0.4) is 0 Å². The maximum absolute atomic E-state index is 13.4. The van der Waals surface area contributed by atoms with Gasteiger partial charge in [-0.05, 0) is 19.1 Å². The van der Waals surface area contributed by atoms with Gasteiger partial charge >= 0.3 is 3.93 Å². The zero-order chi connectivity index (χ0) is 19.4. The number of rotatable bonds is 6. The van der Waals surface area contributed by atoms with Crippen LogP contribution in [0.25, 0.3) is 0 Å². The fraction of sp³-hybridized carbons (Fsp3) is 0.471. The highest BCUT2D eigenvalue weighted by Crippen LogP contribution is 2.31. The minimum atomic E-state index is -2.99. The third-order valence-electron chi connectivity index (χ3n) is 3.93. The van der Waals surface area contributed by atoms with E-state index in [1.165, 1.54) is 12.3 Å². The van der Waals surface area contributed by atoms with Crippen LogP contribution < -0.4 is 16.0 Å². The van der Waals surface area contributed by atoms with Crippen molar-refractivity contribution in [2.75, 3.05) is 6.54 Å². The number of dihydropyridines is 2. The van der Waals surface area contributed by atoms with E-state index in [9.17, 15) is 18.4 Å². The molecule has 1 unspecified atom stereocenters. The van der Waals surface area contributed by atoms with Crippen molar-refractivity contribution >= 4 is 40.6 Å². The van der Waals surface area contributed by atoms with Gasteiger partial charge in [-0.1, -0.05) is 19.1 Å². The molecule has 2 atom stereocenters. The summed E-state index contributed by atoms with van der Waals surface area (Å²) >= 11 is 1.06. The van der Waals surface area contributed by atoms with Gasteiger partial charge in [-0.25, -0.2) is 0 Å². The summed E-state index contributed by atoms with van der Waals surface area (Å²) < 4.78 is 23.7. The zero-order valence-corrected chi connectivity index (χ0v) is 16.6. The van der Waals surface area contributed by atoms with Crippen LogP contribution in [0, 0.1) is 0 Å². The predicted molar refractivity (Wildman–Crippen MR) is 104 cm³/mol.